The fourth-order valence-corrected chi connectivity index (χ4v) is 2.30. The van der Waals surface area contributed by atoms with Crippen molar-refractivity contribution < 1.29 is 14.0 Å². The largest absolute Gasteiger partial charge is 0.345 e. The second-order valence-electron chi connectivity index (χ2n) is 4.96. The minimum Gasteiger partial charge on any atom is -0.345 e. The molecule has 1 N–H and O–H groups in total. The highest BCUT2D eigenvalue weighted by Crippen LogP contribution is 2.15. The van der Waals surface area contributed by atoms with Crippen LogP contribution in [0.15, 0.2) is 48.8 Å². The number of Topliss-reactive ketones (excluding diaryl/α,β-unsaturated/α-hetero) is 2. The van der Waals surface area contributed by atoms with Gasteiger partial charge in [-0.1, -0.05) is 12.1 Å². The highest BCUT2D eigenvalue weighted by Gasteiger charge is 2.14. The van der Waals surface area contributed by atoms with E-state index in [0.717, 1.165) is 11.0 Å². The van der Waals surface area contributed by atoms with Gasteiger partial charge in [0.05, 0.1) is 22.9 Å². The Kier molecular flexibility index (Phi) is 3.78. The SMILES string of the molecule is O=C(CCC(=O)c1ccccc1F)c1ccc2nc[nH]c2c1. The van der Waals surface area contributed by atoms with Gasteiger partial charge in [0.2, 0.25) is 0 Å². The highest BCUT2D eigenvalue weighted by molar-refractivity contribution is 6.03. The zero-order valence-electron chi connectivity index (χ0n) is 11.7. The summed E-state index contributed by atoms with van der Waals surface area (Å²) in [5.41, 5.74) is 2.09. The number of fused-ring (bicyclic) bond motifs is 1. The summed E-state index contributed by atoms with van der Waals surface area (Å²) in [4.78, 5) is 31.1. The van der Waals surface area contributed by atoms with Gasteiger partial charge in [-0.15, -0.1) is 0 Å². The van der Waals surface area contributed by atoms with E-state index in [-0.39, 0.29) is 30.0 Å². The average molecular weight is 296 g/mol. The summed E-state index contributed by atoms with van der Waals surface area (Å²) in [7, 11) is 0. The predicted octanol–water partition coefficient (Wildman–Crippen LogP) is 3.55. The van der Waals surface area contributed by atoms with E-state index in [4.69, 9.17) is 0 Å². The van der Waals surface area contributed by atoms with Crippen molar-refractivity contribution in [2.24, 2.45) is 0 Å². The molecule has 0 aliphatic heterocycles. The van der Waals surface area contributed by atoms with E-state index >= 15 is 0 Å². The molecule has 2 aromatic carbocycles. The lowest BCUT2D eigenvalue weighted by atomic mass is 10.0. The third kappa shape index (κ3) is 2.79. The number of nitrogens with zero attached hydrogens (tertiary/aromatic N) is 1. The highest BCUT2D eigenvalue weighted by atomic mass is 19.1. The molecule has 0 aliphatic rings. The number of hydrogen-bond donors (Lipinski definition) is 1. The maximum atomic E-state index is 13.5. The topological polar surface area (TPSA) is 62.8 Å². The van der Waals surface area contributed by atoms with Crippen LogP contribution in [0.3, 0.4) is 0 Å². The summed E-state index contributed by atoms with van der Waals surface area (Å²) in [5.74, 6) is -1.07. The zero-order chi connectivity index (χ0) is 15.5. The number of ketones is 2. The van der Waals surface area contributed by atoms with Crippen molar-refractivity contribution in [1.29, 1.82) is 0 Å². The van der Waals surface area contributed by atoms with Gasteiger partial charge in [-0.2, -0.15) is 0 Å². The summed E-state index contributed by atoms with van der Waals surface area (Å²) in [6.07, 6.45) is 1.59. The Bertz CT molecular complexity index is 854. The fourth-order valence-electron chi connectivity index (χ4n) is 2.30. The number of aromatic amines is 1. The molecule has 3 aromatic rings. The van der Waals surface area contributed by atoms with E-state index in [1.54, 1.807) is 30.6 Å². The first kappa shape index (κ1) is 14.1. The number of imidazole rings is 1. The summed E-state index contributed by atoms with van der Waals surface area (Å²) < 4.78 is 13.5. The second-order valence-corrected chi connectivity index (χ2v) is 4.96. The Balaban J connectivity index is 1.69. The number of H-pyrrole nitrogens is 1. The second kappa shape index (κ2) is 5.89. The van der Waals surface area contributed by atoms with Crippen molar-refractivity contribution in [3.8, 4) is 0 Å². The first-order valence-corrected chi connectivity index (χ1v) is 6.89. The molecule has 5 heteroatoms. The van der Waals surface area contributed by atoms with Crippen molar-refractivity contribution in [1.82, 2.24) is 9.97 Å². The molecule has 0 saturated heterocycles. The molecule has 0 radical (unpaired) electrons. The summed E-state index contributed by atoms with van der Waals surface area (Å²) in [6, 6.07) is 10.9. The van der Waals surface area contributed by atoms with Gasteiger partial charge in [-0.3, -0.25) is 9.59 Å². The van der Waals surface area contributed by atoms with Crippen molar-refractivity contribution >= 4 is 22.6 Å². The van der Waals surface area contributed by atoms with Crippen LogP contribution in [0.4, 0.5) is 4.39 Å². The van der Waals surface area contributed by atoms with Crippen LogP contribution in [0.2, 0.25) is 0 Å². The molecule has 1 aromatic heterocycles. The Morgan fingerprint density at radius 2 is 1.82 bits per heavy atom. The van der Waals surface area contributed by atoms with Gasteiger partial charge in [0.1, 0.15) is 5.82 Å². The lowest BCUT2D eigenvalue weighted by Gasteiger charge is -2.03. The number of carbonyl (C=O) groups is 2. The quantitative estimate of drug-likeness (QED) is 0.732. The van der Waals surface area contributed by atoms with Crippen LogP contribution in [0, 0.1) is 5.82 Å². The van der Waals surface area contributed by atoms with Gasteiger partial charge in [-0.05, 0) is 30.3 Å². The number of aromatic nitrogens is 2. The first-order valence-electron chi connectivity index (χ1n) is 6.89. The smallest absolute Gasteiger partial charge is 0.166 e. The van der Waals surface area contributed by atoms with Crippen LogP contribution < -0.4 is 0 Å². The van der Waals surface area contributed by atoms with Crippen LogP contribution in [-0.2, 0) is 0 Å². The minimum atomic E-state index is -0.557. The van der Waals surface area contributed by atoms with Gasteiger partial charge >= 0.3 is 0 Å². The first-order chi connectivity index (χ1) is 10.6. The summed E-state index contributed by atoms with van der Waals surface area (Å²) in [6.45, 7) is 0. The minimum absolute atomic E-state index is 0.0131. The van der Waals surface area contributed by atoms with E-state index < -0.39 is 5.82 Å². The van der Waals surface area contributed by atoms with E-state index in [1.807, 2.05) is 0 Å². The number of benzene rings is 2. The average Bonchev–Trinajstić information content (AvgIpc) is 3.00. The van der Waals surface area contributed by atoms with Crippen molar-refractivity contribution in [3.05, 3.63) is 65.7 Å². The number of nitrogens with one attached hydrogen (secondary N) is 1. The normalized spacial score (nSPS) is 10.8. The number of rotatable bonds is 5. The molecular weight excluding hydrogens is 283 g/mol. The molecule has 0 unspecified atom stereocenters. The summed E-state index contributed by atoms with van der Waals surface area (Å²) >= 11 is 0. The van der Waals surface area contributed by atoms with E-state index in [9.17, 15) is 14.0 Å². The maximum absolute atomic E-state index is 13.5. The lowest BCUT2D eigenvalue weighted by Crippen LogP contribution is -2.07. The van der Waals surface area contributed by atoms with Crippen molar-refractivity contribution in [2.75, 3.05) is 0 Å². The molecule has 0 aliphatic carbocycles. The van der Waals surface area contributed by atoms with Gasteiger partial charge in [0.25, 0.3) is 0 Å². The van der Waals surface area contributed by atoms with Crippen molar-refractivity contribution in [2.45, 2.75) is 12.8 Å². The van der Waals surface area contributed by atoms with Gasteiger partial charge < -0.3 is 4.98 Å². The molecule has 3 rings (SSSR count). The lowest BCUT2D eigenvalue weighted by molar-refractivity contribution is 0.0915. The number of hydrogen-bond acceptors (Lipinski definition) is 3. The van der Waals surface area contributed by atoms with Gasteiger partial charge in [0, 0.05) is 18.4 Å². The Labute approximate surface area is 126 Å². The van der Waals surface area contributed by atoms with Crippen LogP contribution >= 0.6 is 0 Å². The fraction of sp³-hybridized carbons (Fsp3) is 0.118. The van der Waals surface area contributed by atoms with E-state index in [0.29, 0.717) is 5.56 Å². The zero-order valence-corrected chi connectivity index (χ0v) is 11.7. The Morgan fingerprint density at radius 3 is 2.64 bits per heavy atom. The molecule has 0 bridgehead atoms. The predicted molar refractivity (Wildman–Crippen MR) is 80.4 cm³/mol. The van der Waals surface area contributed by atoms with Crippen LogP contribution in [0.5, 0.6) is 0 Å². The van der Waals surface area contributed by atoms with Gasteiger partial charge in [0.15, 0.2) is 11.6 Å². The third-order valence-corrected chi connectivity index (χ3v) is 3.50. The molecule has 110 valence electrons. The van der Waals surface area contributed by atoms with Gasteiger partial charge in [-0.25, -0.2) is 9.37 Å². The monoisotopic (exact) mass is 296 g/mol. The van der Waals surface area contributed by atoms with Crippen LogP contribution in [-0.4, -0.2) is 21.5 Å². The Morgan fingerprint density at radius 1 is 1.05 bits per heavy atom. The maximum Gasteiger partial charge on any atom is 0.166 e. The summed E-state index contributed by atoms with van der Waals surface area (Å²) in [5, 5.41) is 0. The molecule has 0 fully saturated rings. The molecule has 4 nitrogen and oxygen atoms in total. The molecular formula is C17H13FN2O2. The molecule has 22 heavy (non-hydrogen) atoms. The molecule has 0 saturated carbocycles. The standard InChI is InChI=1S/C17H13FN2O2/c18-13-4-2-1-3-12(13)17(22)8-7-16(21)11-5-6-14-15(9-11)20-10-19-14/h1-6,9-10H,7-8H2,(H,19,20). The Hall–Kier alpha value is -2.82. The molecule has 1 heterocycles. The van der Waals surface area contributed by atoms with Crippen LogP contribution in [0.25, 0.3) is 11.0 Å². The number of halogens is 1. The third-order valence-electron chi connectivity index (χ3n) is 3.50. The van der Waals surface area contributed by atoms with Crippen LogP contribution in [0.1, 0.15) is 33.6 Å². The molecule has 0 spiro atoms. The molecule has 0 amide bonds. The van der Waals surface area contributed by atoms with E-state index in [2.05, 4.69) is 9.97 Å². The molecule has 0 atom stereocenters. The van der Waals surface area contributed by atoms with Crippen molar-refractivity contribution in [3.63, 3.8) is 0 Å². The number of carbonyl (C=O) groups excluding carboxylic acids is 2. The van der Waals surface area contributed by atoms with E-state index in [1.165, 1.54) is 18.2 Å².